The van der Waals surface area contributed by atoms with Crippen molar-refractivity contribution in [2.24, 2.45) is 0 Å². The number of nitrogens with one attached hydrogen (secondary N) is 1. The minimum atomic E-state index is -3.34. The summed E-state index contributed by atoms with van der Waals surface area (Å²) in [7, 11) is -0.327. The monoisotopic (exact) mass is 284 g/mol. The van der Waals surface area contributed by atoms with Crippen LogP contribution in [0.3, 0.4) is 0 Å². The Labute approximate surface area is 117 Å². The molecule has 108 valence electrons. The number of benzene rings is 1. The van der Waals surface area contributed by atoms with Gasteiger partial charge in [-0.1, -0.05) is 45.0 Å². The van der Waals surface area contributed by atoms with E-state index in [9.17, 15) is 8.42 Å². The van der Waals surface area contributed by atoms with E-state index in [0.29, 0.717) is 12.5 Å². The van der Waals surface area contributed by atoms with E-state index in [0.717, 1.165) is 5.56 Å². The van der Waals surface area contributed by atoms with Crippen LogP contribution in [-0.4, -0.2) is 33.4 Å². The highest BCUT2D eigenvalue weighted by atomic mass is 32.2. The Kier molecular flexibility index (Phi) is 5.52. The molecule has 0 spiro atoms. The summed E-state index contributed by atoms with van der Waals surface area (Å²) in [5.74, 6) is 0.672. The summed E-state index contributed by atoms with van der Waals surface area (Å²) in [5, 5.41) is 0. The molecule has 0 fully saturated rings. The quantitative estimate of drug-likeness (QED) is 0.871. The molecule has 19 heavy (non-hydrogen) atoms. The van der Waals surface area contributed by atoms with Gasteiger partial charge in [0.15, 0.2) is 0 Å². The maximum absolute atomic E-state index is 11.6. The third kappa shape index (κ3) is 4.30. The SMILES string of the molecule is CNS(=O)(=O)N(C)CC(C)c1ccc(C(C)C)cc1. The fourth-order valence-electron chi connectivity index (χ4n) is 1.95. The highest BCUT2D eigenvalue weighted by Crippen LogP contribution is 2.20. The van der Waals surface area contributed by atoms with Crippen LogP contribution in [0.1, 0.15) is 43.7 Å². The molecule has 0 aromatic heterocycles. The van der Waals surface area contributed by atoms with Crippen LogP contribution < -0.4 is 4.72 Å². The smallest absolute Gasteiger partial charge is 0.205 e. The summed E-state index contributed by atoms with van der Waals surface area (Å²) in [4.78, 5) is 0. The molecule has 0 amide bonds. The first-order chi connectivity index (χ1) is 8.77. The van der Waals surface area contributed by atoms with Crippen LogP contribution in [0, 0.1) is 0 Å². The lowest BCUT2D eigenvalue weighted by Gasteiger charge is -2.21. The molecular weight excluding hydrogens is 260 g/mol. The van der Waals surface area contributed by atoms with Crippen molar-refractivity contribution in [1.29, 1.82) is 0 Å². The molecule has 1 atom stereocenters. The summed E-state index contributed by atoms with van der Waals surface area (Å²) in [6.45, 7) is 6.81. The molecule has 1 unspecified atom stereocenters. The van der Waals surface area contributed by atoms with Crippen LogP contribution in [0.2, 0.25) is 0 Å². The third-order valence-corrected chi connectivity index (χ3v) is 4.86. The summed E-state index contributed by atoms with van der Waals surface area (Å²) in [5.41, 5.74) is 2.45. The van der Waals surface area contributed by atoms with E-state index in [2.05, 4.69) is 42.8 Å². The van der Waals surface area contributed by atoms with Crippen molar-refractivity contribution in [3.8, 4) is 0 Å². The van der Waals surface area contributed by atoms with Crippen molar-refractivity contribution in [2.45, 2.75) is 32.6 Å². The molecule has 0 aliphatic carbocycles. The van der Waals surface area contributed by atoms with Gasteiger partial charge in [-0.05, 0) is 23.0 Å². The summed E-state index contributed by atoms with van der Waals surface area (Å²) in [6, 6.07) is 8.39. The Bertz CT molecular complexity index is 495. The van der Waals surface area contributed by atoms with Gasteiger partial charge in [-0.3, -0.25) is 0 Å². The molecule has 4 nitrogen and oxygen atoms in total. The normalized spacial score (nSPS) is 14.1. The van der Waals surface area contributed by atoms with Gasteiger partial charge in [0.05, 0.1) is 0 Å². The summed E-state index contributed by atoms with van der Waals surface area (Å²) < 4.78 is 26.9. The Hall–Kier alpha value is -0.910. The first kappa shape index (κ1) is 16.1. The van der Waals surface area contributed by atoms with E-state index >= 15 is 0 Å². The van der Waals surface area contributed by atoms with Crippen LogP contribution in [0.15, 0.2) is 24.3 Å². The van der Waals surface area contributed by atoms with Crippen molar-refractivity contribution in [3.63, 3.8) is 0 Å². The highest BCUT2D eigenvalue weighted by Gasteiger charge is 2.18. The number of rotatable bonds is 6. The molecule has 0 bridgehead atoms. The molecular formula is C14H24N2O2S. The van der Waals surface area contributed by atoms with Crippen LogP contribution >= 0.6 is 0 Å². The van der Waals surface area contributed by atoms with Crippen LogP contribution in [0.4, 0.5) is 0 Å². The maximum Gasteiger partial charge on any atom is 0.278 e. The van der Waals surface area contributed by atoms with Crippen molar-refractivity contribution in [2.75, 3.05) is 20.6 Å². The predicted octanol–water partition coefficient (Wildman–Crippen LogP) is 2.31. The largest absolute Gasteiger partial charge is 0.278 e. The first-order valence-corrected chi connectivity index (χ1v) is 7.96. The van der Waals surface area contributed by atoms with Crippen molar-refractivity contribution in [1.82, 2.24) is 9.03 Å². The fourth-order valence-corrected chi connectivity index (χ4v) is 2.69. The van der Waals surface area contributed by atoms with Gasteiger partial charge in [0.25, 0.3) is 10.2 Å². The van der Waals surface area contributed by atoms with Gasteiger partial charge in [0.2, 0.25) is 0 Å². The zero-order chi connectivity index (χ0) is 14.6. The predicted molar refractivity (Wildman–Crippen MR) is 79.6 cm³/mol. The van der Waals surface area contributed by atoms with Gasteiger partial charge >= 0.3 is 0 Å². The van der Waals surface area contributed by atoms with E-state index in [1.54, 1.807) is 7.05 Å². The molecule has 0 heterocycles. The molecule has 1 rings (SSSR count). The van der Waals surface area contributed by atoms with E-state index < -0.39 is 10.2 Å². The molecule has 0 saturated heterocycles. The molecule has 0 radical (unpaired) electrons. The maximum atomic E-state index is 11.6. The van der Waals surface area contributed by atoms with E-state index in [4.69, 9.17) is 0 Å². The summed E-state index contributed by atoms with van der Waals surface area (Å²) >= 11 is 0. The Balaban J connectivity index is 2.76. The molecule has 1 aromatic rings. The average molecular weight is 284 g/mol. The Morgan fingerprint density at radius 2 is 1.58 bits per heavy atom. The second kappa shape index (κ2) is 6.50. The van der Waals surface area contributed by atoms with Crippen LogP contribution in [0.5, 0.6) is 0 Å². The molecule has 0 aliphatic rings. The molecule has 0 saturated carbocycles. The van der Waals surface area contributed by atoms with E-state index in [-0.39, 0.29) is 5.92 Å². The fraction of sp³-hybridized carbons (Fsp3) is 0.571. The van der Waals surface area contributed by atoms with Gasteiger partial charge in [0, 0.05) is 20.6 Å². The lowest BCUT2D eigenvalue weighted by atomic mass is 9.96. The highest BCUT2D eigenvalue weighted by molar-refractivity contribution is 7.87. The van der Waals surface area contributed by atoms with Crippen LogP contribution in [0.25, 0.3) is 0 Å². The van der Waals surface area contributed by atoms with Crippen molar-refractivity contribution in [3.05, 3.63) is 35.4 Å². The second-order valence-corrected chi connectivity index (χ2v) is 7.19. The number of nitrogens with zero attached hydrogens (tertiary/aromatic N) is 1. The molecule has 5 heteroatoms. The van der Waals surface area contributed by atoms with Gasteiger partial charge in [-0.2, -0.15) is 12.7 Å². The lowest BCUT2D eigenvalue weighted by Crippen LogP contribution is -2.38. The van der Waals surface area contributed by atoms with Gasteiger partial charge in [-0.15, -0.1) is 0 Å². The summed E-state index contributed by atoms with van der Waals surface area (Å²) in [6.07, 6.45) is 0. The van der Waals surface area contributed by atoms with E-state index in [1.165, 1.54) is 16.9 Å². The minimum absolute atomic E-state index is 0.161. The van der Waals surface area contributed by atoms with Gasteiger partial charge in [-0.25, -0.2) is 4.72 Å². The second-order valence-electron chi connectivity index (χ2n) is 5.21. The number of likely N-dealkylation sites (N-methyl/N-ethyl adjacent to an activating group) is 1. The lowest BCUT2D eigenvalue weighted by molar-refractivity contribution is 0.440. The standard InChI is InChI=1S/C14H24N2O2S/c1-11(2)13-6-8-14(9-7-13)12(3)10-16(5)19(17,18)15-4/h6-9,11-12,15H,10H2,1-5H3. The van der Waals surface area contributed by atoms with Crippen molar-refractivity contribution >= 4 is 10.2 Å². The molecule has 1 N–H and O–H groups in total. The topological polar surface area (TPSA) is 49.4 Å². The van der Waals surface area contributed by atoms with Crippen molar-refractivity contribution < 1.29 is 8.42 Å². The third-order valence-electron chi connectivity index (χ3n) is 3.37. The number of hydrogen-bond acceptors (Lipinski definition) is 2. The first-order valence-electron chi connectivity index (χ1n) is 6.52. The van der Waals surface area contributed by atoms with Crippen LogP contribution in [-0.2, 0) is 10.2 Å². The molecule has 0 aliphatic heterocycles. The molecule has 1 aromatic carbocycles. The zero-order valence-electron chi connectivity index (χ0n) is 12.3. The Morgan fingerprint density at radius 1 is 1.11 bits per heavy atom. The minimum Gasteiger partial charge on any atom is -0.205 e. The Morgan fingerprint density at radius 3 is 2.00 bits per heavy atom. The average Bonchev–Trinajstić information content (AvgIpc) is 2.38. The van der Waals surface area contributed by atoms with Gasteiger partial charge in [0.1, 0.15) is 0 Å². The van der Waals surface area contributed by atoms with E-state index in [1.807, 2.05) is 6.92 Å². The zero-order valence-corrected chi connectivity index (χ0v) is 13.2. The van der Waals surface area contributed by atoms with Gasteiger partial charge < -0.3 is 0 Å². The number of hydrogen-bond donors (Lipinski definition) is 1.